The number of carboxylic acid groups (broad SMARTS) is 1. The van der Waals surface area contributed by atoms with E-state index in [0.29, 0.717) is 11.4 Å². The van der Waals surface area contributed by atoms with Crippen LogP contribution in [0.5, 0.6) is 0 Å². The van der Waals surface area contributed by atoms with Crippen LogP contribution in [0.1, 0.15) is 37.3 Å². The quantitative estimate of drug-likeness (QED) is 0.362. The zero-order valence-corrected chi connectivity index (χ0v) is 23.7. The van der Waals surface area contributed by atoms with Gasteiger partial charge in [0.05, 0.1) is 30.5 Å². The average molecular weight is 567 g/mol. The Balaban J connectivity index is 0.00000441. The fraction of sp³-hybridized carbons (Fsp3) is 0.333. The maximum atomic E-state index is 14.2. The molecule has 0 saturated heterocycles. The number of carbonyl (C=O) groups is 4. The minimum atomic E-state index is -1.00. The average Bonchev–Trinajstić information content (AvgIpc) is 3.04. The Morgan fingerprint density at radius 3 is 2.38 bits per heavy atom. The van der Waals surface area contributed by atoms with E-state index in [1.165, 1.54) is 4.90 Å². The van der Waals surface area contributed by atoms with Crippen LogP contribution in [0.2, 0.25) is 0 Å². The highest BCUT2D eigenvalue weighted by molar-refractivity contribution is 6.08. The molecule has 3 N–H and O–H groups in total. The molecule has 1 aliphatic heterocycles. The second kappa shape index (κ2) is 13.4. The summed E-state index contributed by atoms with van der Waals surface area (Å²) in [7, 11) is 1.66. The van der Waals surface area contributed by atoms with Gasteiger partial charge in [0.15, 0.2) is 0 Å². The summed E-state index contributed by atoms with van der Waals surface area (Å²) in [5, 5.41) is 16.8. The number of aryl methyl sites for hydroxylation is 1. The van der Waals surface area contributed by atoms with Gasteiger partial charge in [0, 0.05) is 12.8 Å². The first kappa shape index (κ1) is 30.6. The smallest absolute Gasteiger partial charge is 0.303 e. The van der Waals surface area contributed by atoms with Gasteiger partial charge in [-0.2, -0.15) is 0 Å². The van der Waals surface area contributed by atoms with Crippen molar-refractivity contribution in [2.75, 3.05) is 23.4 Å². The largest absolute Gasteiger partial charge is 0.481 e. The van der Waals surface area contributed by atoms with Crippen molar-refractivity contribution in [3.8, 4) is 0 Å². The summed E-state index contributed by atoms with van der Waals surface area (Å²) in [4.78, 5) is 54.6. The SMILES string of the molecule is CN[C@@H](C)C(=O)N[C@H]1CN(C(=O)CCCC(=O)O)c2ccccc2N(Cc2c(C)ccc3ccccc23)C1=O.Cl. The summed E-state index contributed by atoms with van der Waals surface area (Å²) >= 11 is 0. The number of carboxylic acids is 1. The number of carbonyl (C=O) groups excluding carboxylic acids is 3. The maximum Gasteiger partial charge on any atom is 0.303 e. The van der Waals surface area contributed by atoms with E-state index in [1.807, 2.05) is 49.4 Å². The molecule has 2 atom stereocenters. The predicted octanol–water partition coefficient (Wildman–Crippen LogP) is 3.80. The van der Waals surface area contributed by atoms with Crippen LogP contribution in [0.15, 0.2) is 60.7 Å². The van der Waals surface area contributed by atoms with Gasteiger partial charge in [-0.3, -0.25) is 19.2 Å². The predicted molar refractivity (Wildman–Crippen MR) is 158 cm³/mol. The molecule has 4 rings (SSSR count). The number of rotatable bonds is 9. The number of likely N-dealkylation sites (N-methyl/N-ethyl adjacent to an activating group) is 1. The summed E-state index contributed by atoms with van der Waals surface area (Å²) in [5.74, 6) is -1.97. The van der Waals surface area contributed by atoms with Crippen LogP contribution in [-0.4, -0.2) is 54.5 Å². The molecular weight excluding hydrogens is 532 g/mol. The van der Waals surface area contributed by atoms with E-state index in [1.54, 1.807) is 37.1 Å². The number of anilines is 2. The van der Waals surface area contributed by atoms with E-state index >= 15 is 0 Å². The summed E-state index contributed by atoms with van der Waals surface area (Å²) in [6.45, 7) is 3.88. The maximum absolute atomic E-state index is 14.2. The summed E-state index contributed by atoms with van der Waals surface area (Å²) in [5.41, 5.74) is 3.10. The second-order valence-electron chi connectivity index (χ2n) is 9.82. The topological polar surface area (TPSA) is 119 Å². The van der Waals surface area contributed by atoms with Crippen molar-refractivity contribution in [3.63, 3.8) is 0 Å². The van der Waals surface area contributed by atoms with Crippen molar-refractivity contribution in [3.05, 3.63) is 71.8 Å². The first-order valence-electron chi connectivity index (χ1n) is 13.1. The number of halogens is 1. The third-order valence-electron chi connectivity index (χ3n) is 7.21. The highest BCUT2D eigenvalue weighted by atomic mass is 35.5. The highest BCUT2D eigenvalue weighted by Crippen LogP contribution is 2.36. The number of hydrogen-bond donors (Lipinski definition) is 3. The minimum Gasteiger partial charge on any atom is -0.481 e. The number of para-hydroxylation sites is 2. The Kier molecular flexibility index (Phi) is 10.3. The van der Waals surface area contributed by atoms with E-state index in [0.717, 1.165) is 21.9 Å². The van der Waals surface area contributed by atoms with E-state index in [9.17, 15) is 19.2 Å². The molecular formula is C30H35ClN4O5. The molecule has 212 valence electrons. The molecule has 0 fully saturated rings. The highest BCUT2D eigenvalue weighted by Gasteiger charge is 2.37. The normalized spacial score (nSPS) is 15.6. The lowest BCUT2D eigenvalue weighted by Gasteiger charge is -2.27. The van der Waals surface area contributed by atoms with E-state index < -0.39 is 18.1 Å². The molecule has 1 aliphatic rings. The Bertz CT molecular complexity index is 1410. The second-order valence-corrected chi connectivity index (χ2v) is 9.82. The lowest BCUT2D eigenvalue weighted by Crippen LogP contribution is -2.55. The molecule has 40 heavy (non-hydrogen) atoms. The third-order valence-corrected chi connectivity index (χ3v) is 7.21. The number of amides is 3. The zero-order chi connectivity index (χ0) is 28.1. The van der Waals surface area contributed by atoms with Gasteiger partial charge >= 0.3 is 5.97 Å². The van der Waals surface area contributed by atoms with Crippen molar-refractivity contribution in [1.82, 2.24) is 10.6 Å². The van der Waals surface area contributed by atoms with Crippen molar-refractivity contribution >= 4 is 58.2 Å². The molecule has 0 unspecified atom stereocenters. The van der Waals surface area contributed by atoms with Crippen molar-refractivity contribution < 1.29 is 24.3 Å². The first-order chi connectivity index (χ1) is 18.7. The van der Waals surface area contributed by atoms with Crippen molar-refractivity contribution in [2.24, 2.45) is 0 Å². The molecule has 0 radical (unpaired) electrons. The number of benzene rings is 3. The van der Waals surface area contributed by atoms with Gasteiger partial charge in [0.1, 0.15) is 6.04 Å². The van der Waals surface area contributed by atoms with Crippen molar-refractivity contribution in [1.29, 1.82) is 0 Å². The van der Waals surface area contributed by atoms with Gasteiger partial charge < -0.3 is 25.5 Å². The zero-order valence-electron chi connectivity index (χ0n) is 22.8. The van der Waals surface area contributed by atoms with Crippen molar-refractivity contribution in [2.45, 2.75) is 51.7 Å². The molecule has 3 aromatic rings. The summed E-state index contributed by atoms with van der Waals surface area (Å²) in [6, 6.07) is 17.7. The minimum absolute atomic E-state index is 0. The van der Waals surface area contributed by atoms with Gasteiger partial charge in [0.2, 0.25) is 11.8 Å². The van der Waals surface area contributed by atoms with Crippen LogP contribution in [-0.2, 0) is 25.7 Å². The molecule has 9 nitrogen and oxygen atoms in total. The Labute approximate surface area is 239 Å². The molecule has 10 heteroatoms. The van der Waals surface area contributed by atoms with Crippen LogP contribution < -0.4 is 20.4 Å². The molecule has 3 amide bonds. The van der Waals surface area contributed by atoms with Gasteiger partial charge in [-0.15, -0.1) is 12.4 Å². The van der Waals surface area contributed by atoms with Crippen LogP contribution in [0.4, 0.5) is 11.4 Å². The van der Waals surface area contributed by atoms with Gasteiger partial charge in [-0.05, 0) is 61.3 Å². The number of aliphatic carboxylic acids is 1. The standard InChI is InChI=1S/C30H34N4O5.ClH/c1-19-15-16-21-9-4-5-10-22(21)23(19)17-34-26-12-7-6-11-25(26)33(27(35)13-8-14-28(36)37)18-24(30(34)39)32-29(38)20(2)31-3;/h4-7,9-12,15-16,20,24,31H,8,13-14,17-18H2,1-3H3,(H,32,38)(H,36,37);1H/t20-,24-;/m0./s1. The van der Waals surface area contributed by atoms with Gasteiger partial charge in [-0.1, -0.05) is 48.5 Å². The molecule has 3 aromatic carbocycles. The Hall–Kier alpha value is -3.95. The number of hydrogen-bond acceptors (Lipinski definition) is 5. The van der Waals surface area contributed by atoms with Gasteiger partial charge in [-0.25, -0.2) is 0 Å². The Morgan fingerprint density at radius 2 is 1.68 bits per heavy atom. The van der Waals surface area contributed by atoms with Crippen LogP contribution in [0, 0.1) is 6.92 Å². The lowest BCUT2D eigenvalue weighted by molar-refractivity contribution is -0.137. The van der Waals surface area contributed by atoms with E-state index in [4.69, 9.17) is 5.11 Å². The molecule has 0 aliphatic carbocycles. The first-order valence-corrected chi connectivity index (χ1v) is 13.1. The third kappa shape index (κ3) is 6.60. The van der Waals surface area contributed by atoms with Crippen LogP contribution >= 0.6 is 12.4 Å². The lowest BCUT2D eigenvalue weighted by atomic mass is 9.99. The van der Waals surface area contributed by atoms with Gasteiger partial charge in [0.25, 0.3) is 5.91 Å². The van der Waals surface area contributed by atoms with E-state index in [2.05, 4.69) is 10.6 Å². The van der Waals surface area contributed by atoms with Crippen LogP contribution in [0.3, 0.4) is 0 Å². The number of fused-ring (bicyclic) bond motifs is 2. The fourth-order valence-corrected chi connectivity index (χ4v) is 4.86. The summed E-state index contributed by atoms with van der Waals surface area (Å²) in [6.07, 6.45) is 0.0465. The molecule has 0 spiro atoms. The monoisotopic (exact) mass is 566 g/mol. The molecule has 0 saturated carbocycles. The summed E-state index contributed by atoms with van der Waals surface area (Å²) < 4.78 is 0. The number of nitrogens with zero attached hydrogens (tertiary/aromatic N) is 2. The van der Waals surface area contributed by atoms with Crippen LogP contribution in [0.25, 0.3) is 10.8 Å². The molecule has 1 heterocycles. The fourth-order valence-electron chi connectivity index (χ4n) is 4.86. The number of nitrogens with one attached hydrogen (secondary N) is 2. The van der Waals surface area contributed by atoms with E-state index in [-0.39, 0.29) is 62.5 Å². The molecule has 0 aromatic heterocycles. The molecule has 0 bridgehead atoms. The Morgan fingerprint density at radius 1 is 1.00 bits per heavy atom.